The number of halogens is 5. The molecule has 11 heteroatoms. The van der Waals surface area contributed by atoms with E-state index in [2.05, 4.69) is 15.3 Å². The number of anilines is 1. The Labute approximate surface area is 156 Å². The molecule has 0 saturated carbocycles. The van der Waals surface area contributed by atoms with Gasteiger partial charge in [-0.3, -0.25) is 4.90 Å². The lowest BCUT2D eigenvalue weighted by Crippen LogP contribution is -2.46. The van der Waals surface area contributed by atoms with E-state index in [1.54, 1.807) is 6.07 Å². The van der Waals surface area contributed by atoms with Crippen molar-refractivity contribution in [2.45, 2.75) is 12.7 Å². The minimum absolute atomic E-state index is 0.0105. The number of rotatable bonds is 3. The van der Waals surface area contributed by atoms with Crippen molar-refractivity contribution in [2.75, 3.05) is 31.1 Å². The summed E-state index contributed by atoms with van der Waals surface area (Å²) in [5.41, 5.74) is 0.281. The van der Waals surface area contributed by atoms with E-state index in [4.69, 9.17) is 0 Å². The maximum atomic E-state index is 13.8. The van der Waals surface area contributed by atoms with Crippen LogP contribution in [0.1, 0.15) is 11.4 Å². The van der Waals surface area contributed by atoms with Gasteiger partial charge < -0.3 is 4.90 Å². The van der Waals surface area contributed by atoms with Crippen LogP contribution < -0.4 is 4.90 Å². The Balaban J connectivity index is 1.47. The molecule has 0 amide bonds. The summed E-state index contributed by atoms with van der Waals surface area (Å²) >= 11 is 0. The number of hydrogen-bond donors (Lipinski definition) is 0. The van der Waals surface area contributed by atoms with Crippen molar-refractivity contribution >= 4 is 11.5 Å². The largest absolute Gasteiger partial charge is 0.453 e. The third kappa shape index (κ3) is 3.49. The topological polar surface area (TPSA) is 49.6 Å². The fourth-order valence-electron chi connectivity index (χ4n) is 3.17. The first kappa shape index (κ1) is 18.5. The molecule has 4 rings (SSSR count). The van der Waals surface area contributed by atoms with Crippen LogP contribution in [0.5, 0.6) is 0 Å². The molecule has 0 bridgehead atoms. The van der Waals surface area contributed by atoms with Crippen molar-refractivity contribution in [1.29, 1.82) is 0 Å². The zero-order chi connectivity index (χ0) is 19.9. The van der Waals surface area contributed by atoms with E-state index in [-0.39, 0.29) is 17.8 Å². The summed E-state index contributed by atoms with van der Waals surface area (Å²) in [5.74, 6) is -2.55. The molecule has 0 spiro atoms. The highest BCUT2D eigenvalue weighted by Crippen LogP contribution is 2.28. The van der Waals surface area contributed by atoms with E-state index >= 15 is 0 Å². The third-order valence-electron chi connectivity index (χ3n) is 4.62. The van der Waals surface area contributed by atoms with Crippen molar-refractivity contribution in [3.8, 4) is 0 Å². The molecule has 0 unspecified atom stereocenters. The summed E-state index contributed by atoms with van der Waals surface area (Å²) < 4.78 is 66.8. The van der Waals surface area contributed by atoms with Crippen LogP contribution in [0.15, 0.2) is 30.3 Å². The van der Waals surface area contributed by atoms with Gasteiger partial charge in [-0.1, -0.05) is 12.1 Å². The van der Waals surface area contributed by atoms with Crippen LogP contribution in [0.4, 0.5) is 27.8 Å². The van der Waals surface area contributed by atoms with Gasteiger partial charge in [0.05, 0.1) is 0 Å². The van der Waals surface area contributed by atoms with Crippen molar-refractivity contribution in [3.63, 3.8) is 0 Å². The zero-order valence-electron chi connectivity index (χ0n) is 14.5. The van der Waals surface area contributed by atoms with Gasteiger partial charge in [0, 0.05) is 38.3 Å². The van der Waals surface area contributed by atoms with E-state index in [0.29, 0.717) is 36.5 Å². The fourth-order valence-corrected chi connectivity index (χ4v) is 3.17. The van der Waals surface area contributed by atoms with E-state index in [0.717, 1.165) is 6.07 Å². The predicted molar refractivity (Wildman–Crippen MR) is 89.6 cm³/mol. The van der Waals surface area contributed by atoms with E-state index in [1.807, 2.05) is 9.80 Å². The quantitative estimate of drug-likeness (QED) is 0.635. The number of piperazine rings is 1. The summed E-state index contributed by atoms with van der Waals surface area (Å²) in [6.45, 7) is 2.29. The molecule has 1 aromatic carbocycles. The van der Waals surface area contributed by atoms with Crippen molar-refractivity contribution in [3.05, 3.63) is 53.4 Å². The van der Waals surface area contributed by atoms with Crippen LogP contribution in [0.2, 0.25) is 0 Å². The first-order valence-corrected chi connectivity index (χ1v) is 8.53. The molecule has 0 radical (unpaired) electrons. The lowest BCUT2D eigenvalue weighted by Gasteiger charge is -2.35. The number of hydrogen-bond acceptors (Lipinski definition) is 5. The molecular formula is C17H15F5N6. The maximum Gasteiger partial charge on any atom is 0.453 e. The molecule has 3 aromatic rings. The van der Waals surface area contributed by atoms with Gasteiger partial charge in [-0.05, 0) is 18.2 Å². The Kier molecular flexibility index (Phi) is 4.61. The van der Waals surface area contributed by atoms with Gasteiger partial charge in [0.1, 0.15) is 5.82 Å². The molecule has 1 saturated heterocycles. The second-order valence-corrected chi connectivity index (χ2v) is 6.46. The highest BCUT2D eigenvalue weighted by Gasteiger charge is 2.37. The highest BCUT2D eigenvalue weighted by atomic mass is 19.4. The lowest BCUT2D eigenvalue weighted by atomic mass is 10.1. The summed E-state index contributed by atoms with van der Waals surface area (Å²) in [7, 11) is 0. The SMILES string of the molecule is Fc1cccc(CN2CCN(c3ccc4nnc(C(F)(F)F)n4n3)CC2)c1F. The predicted octanol–water partition coefficient (Wildman–Crippen LogP) is 2.74. The average molecular weight is 398 g/mol. The monoisotopic (exact) mass is 398 g/mol. The number of benzene rings is 1. The minimum atomic E-state index is -4.65. The third-order valence-corrected chi connectivity index (χ3v) is 4.62. The van der Waals surface area contributed by atoms with E-state index in [9.17, 15) is 22.0 Å². The smallest absolute Gasteiger partial charge is 0.353 e. The van der Waals surface area contributed by atoms with Crippen LogP contribution in [-0.4, -0.2) is 50.9 Å². The molecule has 0 N–H and O–H groups in total. The normalized spacial score (nSPS) is 16.1. The van der Waals surface area contributed by atoms with Gasteiger partial charge in [0.15, 0.2) is 17.3 Å². The van der Waals surface area contributed by atoms with Gasteiger partial charge in [-0.15, -0.1) is 15.3 Å². The van der Waals surface area contributed by atoms with Crippen molar-refractivity contribution in [1.82, 2.24) is 24.7 Å². The van der Waals surface area contributed by atoms with Crippen LogP contribution in [0, 0.1) is 11.6 Å². The molecule has 3 heterocycles. The summed E-state index contributed by atoms with van der Waals surface area (Å²) in [6, 6.07) is 7.08. The lowest BCUT2D eigenvalue weighted by molar-refractivity contribution is -0.146. The molecule has 0 atom stereocenters. The van der Waals surface area contributed by atoms with E-state index in [1.165, 1.54) is 18.2 Å². The fraction of sp³-hybridized carbons (Fsp3) is 0.353. The number of alkyl halides is 3. The van der Waals surface area contributed by atoms with Crippen molar-refractivity contribution < 1.29 is 22.0 Å². The van der Waals surface area contributed by atoms with Crippen LogP contribution in [0.25, 0.3) is 5.65 Å². The zero-order valence-corrected chi connectivity index (χ0v) is 14.5. The maximum absolute atomic E-state index is 13.8. The van der Waals surface area contributed by atoms with Crippen LogP contribution in [-0.2, 0) is 12.7 Å². The Morgan fingerprint density at radius 2 is 1.68 bits per heavy atom. The summed E-state index contributed by atoms with van der Waals surface area (Å²) in [5, 5.41) is 10.7. The Morgan fingerprint density at radius 1 is 0.929 bits per heavy atom. The summed E-state index contributed by atoms with van der Waals surface area (Å²) in [4.78, 5) is 3.78. The highest BCUT2D eigenvalue weighted by molar-refractivity contribution is 5.46. The molecule has 148 valence electrons. The molecule has 28 heavy (non-hydrogen) atoms. The van der Waals surface area contributed by atoms with Gasteiger partial charge in [-0.2, -0.15) is 17.7 Å². The molecule has 6 nitrogen and oxygen atoms in total. The first-order valence-electron chi connectivity index (χ1n) is 8.53. The average Bonchev–Trinajstić information content (AvgIpc) is 3.10. The number of fused-ring (bicyclic) bond motifs is 1. The van der Waals surface area contributed by atoms with Crippen LogP contribution >= 0.6 is 0 Å². The second kappa shape index (κ2) is 6.97. The number of nitrogens with zero attached hydrogens (tertiary/aromatic N) is 6. The minimum Gasteiger partial charge on any atom is -0.353 e. The molecular weight excluding hydrogens is 383 g/mol. The Bertz CT molecular complexity index is 993. The molecule has 2 aromatic heterocycles. The van der Waals surface area contributed by atoms with Gasteiger partial charge in [-0.25, -0.2) is 8.78 Å². The number of aromatic nitrogens is 4. The molecule has 1 fully saturated rings. The Hall–Kier alpha value is -2.82. The van der Waals surface area contributed by atoms with Crippen molar-refractivity contribution in [2.24, 2.45) is 0 Å². The summed E-state index contributed by atoms with van der Waals surface area (Å²) in [6.07, 6.45) is -4.65. The van der Waals surface area contributed by atoms with E-state index < -0.39 is 23.6 Å². The standard InChI is InChI=1S/C17H15F5N6/c18-12-3-1-2-11(15(12)19)10-26-6-8-27(9-7-26)14-5-4-13-23-24-16(17(20,21)22)28(13)25-14/h1-5H,6-10H2. The molecule has 1 aliphatic heterocycles. The van der Waals surface area contributed by atoms with Gasteiger partial charge >= 0.3 is 6.18 Å². The molecule has 0 aliphatic carbocycles. The van der Waals surface area contributed by atoms with Gasteiger partial charge in [0.25, 0.3) is 5.82 Å². The first-order chi connectivity index (χ1) is 13.3. The molecule has 1 aliphatic rings. The van der Waals surface area contributed by atoms with Crippen LogP contribution in [0.3, 0.4) is 0 Å². The Morgan fingerprint density at radius 3 is 2.39 bits per heavy atom. The second-order valence-electron chi connectivity index (χ2n) is 6.46. The van der Waals surface area contributed by atoms with Gasteiger partial charge in [0.2, 0.25) is 0 Å².